The largest absolute Gasteiger partial charge is 0.480 e. The summed E-state index contributed by atoms with van der Waals surface area (Å²) in [7, 11) is 0. The summed E-state index contributed by atoms with van der Waals surface area (Å²) in [5.74, 6) is -1.36. The summed E-state index contributed by atoms with van der Waals surface area (Å²) in [6.07, 6.45) is 0. The number of rotatable bonds is 3. The molecule has 0 unspecified atom stereocenters. The highest BCUT2D eigenvalue weighted by molar-refractivity contribution is 5.89. The van der Waals surface area contributed by atoms with Gasteiger partial charge in [-0.15, -0.1) is 0 Å². The van der Waals surface area contributed by atoms with Crippen LogP contribution in [0.1, 0.15) is 20.8 Å². The van der Waals surface area contributed by atoms with Crippen LogP contribution in [0.15, 0.2) is 0 Å². The lowest BCUT2D eigenvalue weighted by atomic mass is 9.81. The number of aliphatic carboxylic acids is 1. The Kier molecular flexibility index (Phi) is 2.76. The van der Waals surface area contributed by atoms with E-state index in [9.17, 15) is 9.59 Å². The van der Waals surface area contributed by atoms with E-state index in [2.05, 4.69) is 0 Å². The van der Waals surface area contributed by atoms with Crippen molar-refractivity contribution in [2.75, 3.05) is 0 Å². The predicted octanol–water partition coefficient (Wildman–Crippen LogP) is 0.0135. The fourth-order valence-electron chi connectivity index (χ4n) is 0.528. The van der Waals surface area contributed by atoms with Crippen molar-refractivity contribution >= 4 is 11.8 Å². The Morgan fingerprint density at radius 2 is 1.82 bits per heavy atom. The van der Waals surface area contributed by atoms with E-state index >= 15 is 0 Å². The second-order valence-electron chi connectivity index (χ2n) is 3.09. The maximum Gasteiger partial charge on any atom is 0.321 e. The Bertz CT molecular complexity index is 186. The molecule has 4 heteroatoms. The van der Waals surface area contributed by atoms with Crippen LogP contribution in [0.25, 0.3) is 0 Å². The molecule has 3 N–H and O–H groups in total. The van der Waals surface area contributed by atoms with E-state index in [4.69, 9.17) is 10.8 Å². The first-order valence-corrected chi connectivity index (χ1v) is 3.29. The minimum atomic E-state index is -1.15. The summed E-state index contributed by atoms with van der Waals surface area (Å²) >= 11 is 0. The van der Waals surface area contributed by atoms with Crippen molar-refractivity contribution < 1.29 is 14.7 Å². The van der Waals surface area contributed by atoms with E-state index in [0.717, 1.165) is 0 Å². The zero-order valence-electron chi connectivity index (χ0n) is 6.92. The van der Waals surface area contributed by atoms with Gasteiger partial charge in [0.05, 0.1) is 0 Å². The van der Waals surface area contributed by atoms with E-state index in [1.165, 1.54) is 20.8 Å². The molecule has 0 amide bonds. The van der Waals surface area contributed by atoms with Crippen molar-refractivity contribution in [3.63, 3.8) is 0 Å². The molecular formula is C7H13NO3. The van der Waals surface area contributed by atoms with Crippen LogP contribution in [-0.4, -0.2) is 22.9 Å². The van der Waals surface area contributed by atoms with Gasteiger partial charge in [0, 0.05) is 5.41 Å². The number of carboxylic acid groups (broad SMARTS) is 1. The number of hydrogen-bond acceptors (Lipinski definition) is 3. The van der Waals surface area contributed by atoms with Gasteiger partial charge in [0.15, 0.2) is 0 Å². The van der Waals surface area contributed by atoms with Gasteiger partial charge in [0.2, 0.25) is 0 Å². The Morgan fingerprint density at radius 1 is 1.45 bits per heavy atom. The van der Waals surface area contributed by atoms with Gasteiger partial charge >= 0.3 is 5.97 Å². The van der Waals surface area contributed by atoms with Crippen LogP contribution in [0.2, 0.25) is 0 Å². The van der Waals surface area contributed by atoms with Crippen LogP contribution in [0.5, 0.6) is 0 Å². The molecule has 0 aliphatic carbocycles. The monoisotopic (exact) mass is 159 g/mol. The number of carbonyl (C=O) groups is 2. The molecule has 0 saturated carbocycles. The topological polar surface area (TPSA) is 80.4 Å². The first-order chi connectivity index (χ1) is 4.80. The van der Waals surface area contributed by atoms with E-state index in [0.29, 0.717) is 0 Å². The number of carboxylic acids is 1. The molecule has 1 atom stereocenters. The van der Waals surface area contributed by atoms with Crippen LogP contribution in [-0.2, 0) is 9.59 Å². The average molecular weight is 159 g/mol. The van der Waals surface area contributed by atoms with Crippen LogP contribution in [0.3, 0.4) is 0 Å². The molecule has 0 aliphatic heterocycles. The zero-order chi connectivity index (χ0) is 9.23. The lowest BCUT2D eigenvalue weighted by Gasteiger charge is -2.24. The molecule has 0 fully saturated rings. The van der Waals surface area contributed by atoms with Gasteiger partial charge in [0.25, 0.3) is 0 Å². The van der Waals surface area contributed by atoms with Gasteiger partial charge in [-0.05, 0) is 6.92 Å². The normalized spacial score (nSPS) is 14.2. The molecule has 0 aromatic rings. The number of ketones is 1. The fourth-order valence-corrected chi connectivity index (χ4v) is 0.528. The summed E-state index contributed by atoms with van der Waals surface area (Å²) in [5, 5.41) is 8.49. The average Bonchev–Trinajstić information content (AvgIpc) is 1.85. The maximum absolute atomic E-state index is 10.9. The molecule has 0 bridgehead atoms. The Labute approximate surface area is 65.4 Å². The van der Waals surface area contributed by atoms with E-state index in [1.54, 1.807) is 0 Å². The van der Waals surface area contributed by atoms with Crippen molar-refractivity contribution in [1.82, 2.24) is 0 Å². The summed E-state index contributed by atoms with van der Waals surface area (Å²) in [5.41, 5.74) is 4.29. The highest BCUT2D eigenvalue weighted by atomic mass is 16.4. The van der Waals surface area contributed by atoms with Crippen LogP contribution >= 0.6 is 0 Å². The van der Waals surface area contributed by atoms with Gasteiger partial charge in [-0.3, -0.25) is 9.59 Å². The Balaban J connectivity index is 4.55. The second-order valence-corrected chi connectivity index (χ2v) is 3.09. The summed E-state index contributed by atoms with van der Waals surface area (Å²) < 4.78 is 0. The smallest absolute Gasteiger partial charge is 0.321 e. The summed E-state index contributed by atoms with van der Waals surface area (Å²) in [6, 6.07) is -1.13. The molecule has 0 aromatic carbocycles. The van der Waals surface area contributed by atoms with Gasteiger partial charge in [0.1, 0.15) is 11.8 Å². The third-order valence-electron chi connectivity index (χ3n) is 1.95. The molecule has 0 aliphatic rings. The van der Waals surface area contributed by atoms with Gasteiger partial charge < -0.3 is 10.8 Å². The Hall–Kier alpha value is -0.900. The Morgan fingerprint density at radius 3 is 1.91 bits per heavy atom. The SMILES string of the molecule is CC(=O)C(C)(C)[C@H](N)C(=O)O. The van der Waals surface area contributed by atoms with Crippen molar-refractivity contribution in [3.05, 3.63) is 0 Å². The predicted molar refractivity (Wildman–Crippen MR) is 40.1 cm³/mol. The lowest BCUT2D eigenvalue weighted by molar-refractivity contribution is -0.145. The molecule has 64 valence electrons. The molecule has 0 radical (unpaired) electrons. The van der Waals surface area contributed by atoms with Gasteiger partial charge in [-0.2, -0.15) is 0 Å². The quantitative estimate of drug-likeness (QED) is 0.608. The first-order valence-electron chi connectivity index (χ1n) is 3.29. The first kappa shape index (κ1) is 10.1. The van der Waals surface area contributed by atoms with Crippen LogP contribution in [0, 0.1) is 5.41 Å². The standard InChI is InChI=1S/C7H13NO3/c1-4(9)7(2,3)5(8)6(10)11/h5H,8H2,1-3H3,(H,10,11)/t5-/m1/s1. The number of Topliss-reactive ketones (excluding diaryl/α,β-unsaturated/α-hetero) is 1. The van der Waals surface area contributed by atoms with E-state index in [1.807, 2.05) is 0 Å². The molecular weight excluding hydrogens is 146 g/mol. The molecule has 0 saturated heterocycles. The molecule has 0 aromatic heterocycles. The molecule has 0 spiro atoms. The third-order valence-corrected chi connectivity index (χ3v) is 1.95. The van der Waals surface area contributed by atoms with Gasteiger partial charge in [-0.1, -0.05) is 13.8 Å². The highest BCUT2D eigenvalue weighted by Crippen LogP contribution is 2.20. The minimum absolute atomic E-state index is 0.215. The van der Waals surface area contributed by atoms with Crippen molar-refractivity contribution in [2.24, 2.45) is 11.1 Å². The molecule has 4 nitrogen and oxygen atoms in total. The molecule has 0 rings (SSSR count). The maximum atomic E-state index is 10.9. The number of hydrogen-bond donors (Lipinski definition) is 2. The van der Waals surface area contributed by atoms with Crippen molar-refractivity contribution in [1.29, 1.82) is 0 Å². The minimum Gasteiger partial charge on any atom is -0.480 e. The summed E-state index contributed by atoms with van der Waals surface area (Å²) in [4.78, 5) is 21.2. The fraction of sp³-hybridized carbons (Fsp3) is 0.714. The summed E-state index contributed by atoms with van der Waals surface area (Å²) in [6.45, 7) is 4.38. The molecule has 11 heavy (non-hydrogen) atoms. The second kappa shape index (κ2) is 3.00. The van der Waals surface area contributed by atoms with E-state index < -0.39 is 17.4 Å². The van der Waals surface area contributed by atoms with E-state index in [-0.39, 0.29) is 5.78 Å². The lowest BCUT2D eigenvalue weighted by Crippen LogP contribution is -2.47. The van der Waals surface area contributed by atoms with Crippen LogP contribution in [0.4, 0.5) is 0 Å². The van der Waals surface area contributed by atoms with Crippen molar-refractivity contribution in [2.45, 2.75) is 26.8 Å². The van der Waals surface area contributed by atoms with Crippen LogP contribution < -0.4 is 5.73 Å². The third kappa shape index (κ3) is 2.01. The molecule has 0 heterocycles. The number of nitrogens with two attached hydrogens (primary N) is 1. The number of carbonyl (C=O) groups excluding carboxylic acids is 1. The van der Waals surface area contributed by atoms with Crippen molar-refractivity contribution in [3.8, 4) is 0 Å². The highest BCUT2D eigenvalue weighted by Gasteiger charge is 2.35. The van der Waals surface area contributed by atoms with Gasteiger partial charge in [-0.25, -0.2) is 0 Å². The zero-order valence-corrected chi connectivity index (χ0v) is 6.92.